The molecule has 1 aliphatic heterocycles. The summed E-state index contributed by atoms with van der Waals surface area (Å²) >= 11 is 2.36. The van der Waals surface area contributed by atoms with Crippen molar-refractivity contribution >= 4 is 54.0 Å². The van der Waals surface area contributed by atoms with E-state index >= 15 is 0 Å². The van der Waals surface area contributed by atoms with Crippen molar-refractivity contribution in [2.45, 2.75) is 4.21 Å². The van der Waals surface area contributed by atoms with Crippen LogP contribution in [-0.4, -0.2) is 39.1 Å². The van der Waals surface area contributed by atoms with Crippen molar-refractivity contribution in [3.63, 3.8) is 0 Å². The number of nitrogens with zero attached hydrogens (tertiary/aromatic N) is 1. The van der Waals surface area contributed by atoms with Crippen molar-refractivity contribution in [1.29, 1.82) is 0 Å². The van der Waals surface area contributed by atoms with Crippen LogP contribution in [0.2, 0.25) is 0 Å². The zero-order valence-corrected chi connectivity index (χ0v) is 15.7. The molecule has 0 aliphatic carbocycles. The molecule has 0 bridgehead atoms. The van der Waals surface area contributed by atoms with Crippen LogP contribution < -0.4 is 19.5 Å². The first-order valence-electron chi connectivity index (χ1n) is 7.54. The number of anilines is 1. The molecule has 8 nitrogen and oxygen atoms in total. The lowest BCUT2D eigenvalue weighted by molar-refractivity contribution is -0.115. The summed E-state index contributed by atoms with van der Waals surface area (Å²) < 4.78 is 38.3. The highest BCUT2D eigenvalue weighted by molar-refractivity contribution is 7.91. The summed E-state index contributed by atoms with van der Waals surface area (Å²) in [7, 11) is -3.68. The summed E-state index contributed by atoms with van der Waals surface area (Å²) in [5.41, 5.74) is 0.675. The van der Waals surface area contributed by atoms with Gasteiger partial charge < -0.3 is 14.8 Å². The standard InChI is InChI=1S/C15H13N3O5S3/c19-13(8-16-26(20,21)14-2-1-5-24-14)18-15-17-9-6-10-11(7-12(9)25-15)23-4-3-22-10/h1-2,5-7,16H,3-4,8H2,(H,17,18,19). The molecule has 136 valence electrons. The molecule has 0 unspecified atom stereocenters. The zero-order valence-electron chi connectivity index (χ0n) is 13.2. The number of sulfonamides is 1. The van der Waals surface area contributed by atoms with Crippen LogP contribution in [0.25, 0.3) is 10.2 Å². The summed E-state index contributed by atoms with van der Waals surface area (Å²) in [5, 5.41) is 4.64. The van der Waals surface area contributed by atoms with E-state index in [4.69, 9.17) is 9.47 Å². The Morgan fingerprint density at radius 1 is 1.23 bits per heavy atom. The summed E-state index contributed by atoms with van der Waals surface area (Å²) in [6, 6.07) is 6.68. The second-order valence-corrected chi connectivity index (χ2v) is 9.26. The Kier molecular flexibility index (Phi) is 4.53. The lowest BCUT2D eigenvalue weighted by Crippen LogP contribution is -2.32. The van der Waals surface area contributed by atoms with E-state index in [2.05, 4.69) is 15.0 Å². The second-order valence-electron chi connectivity index (χ2n) is 5.29. The lowest BCUT2D eigenvalue weighted by Gasteiger charge is -2.17. The van der Waals surface area contributed by atoms with Gasteiger partial charge in [-0.2, -0.15) is 0 Å². The molecule has 4 rings (SSSR count). The van der Waals surface area contributed by atoms with Crippen LogP contribution in [0.3, 0.4) is 0 Å². The molecule has 0 saturated carbocycles. The van der Waals surface area contributed by atoms with Crippen molar-refractivity contribution < 1.29 is 22.7 Å². The predicted octanol–water partition coefficient (Wildman–Crippen LogP) is 2.05. The van der Waals surface area contributed by atoms with Crippen LogP contribution in [0.1, 0.15) is 0 Å². The van der Waals surface area contributed by atoms with Gasteiger partial charge in [-0.3, -0.25) is 4.79 Å². The lowest BCUT2D eigenvalue weighted by atomic mass is 10.3. The molecule has 11 heteroatoms. The van der Waals surface area contributed by atoms with Gasteiger partial charge in [-0.05, 0) is 11.4 Å². The number of carbonyl (C=O) groups is 1. The van der Waals surface area contributed by atoms with E-state index in [0.29, 0.717) is 35.4 Å². The van der Waals surface area contributed by atoms with Crippen molar-refractivity contribution in [3.05, 3.63) is 29.6 Å². The Morgan fingerprint density at radius 2 is 2.00 bits per heavy atom. The molecule has 2 N–H and O–H groups in total. The van der Waals surface area contributed by atoms with Gasteiger partial charge in [0.05, 0.1) is 16.8 Å². The van der Waals surface area contributed by atoms with Gasteiger partial charge in [0.1, 0.15) is 17.4 Å². The van der Waals surface area contributed by atoms with Crippen molar-refractivity contribution in [2.24, 2.45) is 0 Å². The van der Waals surface area contributed by atoms with Crippen LogP contribution in [0.15, 0.2) is 33.9 Å². The van der Waals surface area contributed by atoms with Gasteiger partial charge in [-0.1, -0.05) is 17.4 Å². The maximum Gasteiger partial charge on any atom is 0.250 e. The Hall–Kier alpha value is -2.21. The van der Waals surface area contributed by atoms with E-state index in [9.17, 15) is 13.2 Å². The van der Waals surface area contributed by atoms with Crippen LogP contribution in [0, 0.1) is 0 Å². The first-order chi connectivity index (χ1) is 12.5. The number of hydrogen-bond donors (Lipinski definition) is 2. The first-order valence-corrected chi connectivity index (χ1v) is 10.7. The third-order valence-electron chi connectivity index (χ3n) is 3.48. The normalized spacial score (nSPS) is 13.7. The molecule has 3 aromatic rings. The number of ether oxygens (including phenoxy) is 2. The van der Waals surface area contributed by atoms with E-state index in [-0.39, 0.29) is 10.8 Å². The van der Waals surface area contributed by atoms with Crippen molar-refractivity contribution in [3.8, 4) is 11.5 Å². The molecular weight excluding hydrogens is 398 g/mol. The van der Waals surface area contributed by atoms with Gasteiger partial charge in [0.15, 0.2) is 16.6 Å². The van der Waals surface area contributed by atoms with Gasteiger partial charge >= 0.3 is 0 Å². The van der Waals surface area contributed by atoms with Crippen LogP contribution in [0.4, 0.5) is 5.13 Å². The molecular formula is C15H13N3O5S3. The minimum Gasteiger partial charge on any atom is -0.486 e. The Morgan fingerprint density at radius 3 is 2.73 bits per heavy atom. The molecule has 0 spiro atoms. The smallest absolute Gasteiger partial charge is 0.250 e. The zero-order chi connectivity index (χ0) is 18.1. The second kappa shape index (κ2) is 6.83. The number of thiazole rings is 1. The van der Waals surface area contributed by atoms with Gasteiger partial charge in [0.2, 0.25) is 5.91 Å². The summed E-state index contributed by atoms with van der Waals surface area (Å²) in [5.74, 6) is 0.770. The number of hydrogen-bond acceptors (Lipinski definition) is 8. The molecule has 1 amide bonds. The largest absolute Gasteiger partial charge is 0.486 e. The number of rotatable bonds is 5. The molecule has 0 fully saturated rings. The number of thiophene rings is 1. The predicted molar refractivity (Wildman–Crippen MR) is 98.7 cm³/mol. The number of benzene rings is 1. The first kappa shape index (κ1) is 17.2. The highest BCUT2D eigenvalue weighted by Crippen LogP contribution is 2.37. The van der Waals surface area contributed by atoms with Gasteiger partial charge in [0, 0.05) is 12.1 Å². The maximum absolute atomic E-state index is 12.0. The third kappa shape index (κ3) is 3.51. The van der Waals surface area contributed by atoms with Gasteiger partial charge in [-0.15, -0.1) is 11.3 Å². The maximum atomic E-state index is 12.0. The van der Waals surface area contributed by atoms with Crippen molar-refractivity contribution in [2.75, 3.05) is 25.1 Å². The minimum absolute atomic E-state index is 0.163. The highest BCUT2D eigenvalue weighted by atomic mass is 32.2. The molecule has 0 radical (unpaired) electrons. The Balaban J connectivity index is 1.44. The fourth-order valence-electron chi connectivity index (χ4n) is 2.33. The van der Waals surface area contributed by atoms with E-state index in [1.807, 2.05) is 6.07 Å². The summed E-state index contributed by atoms with van der Waals surface area (Å²) in [4.78, 5) is 16.4. The fraction of sp³-hybridized carbons (Fsp3) is 0.200. The molecule has 0 atom stereocenters. The number of aromatic nitrogens is 1. The highest BCUT2D eigenvalue weighted by Gasteiger charge is 2.18. The number of nitrogens with one attached hydrogen (secondary N) is 2. The average Bonchev–Trinajstić information content (AvgIpc) is 3.27. The van der Waals surface area contributed by atoms with E-state index in [1.165, 1.54) is 17.4 Å². The summed E-state index contributed by atoms with van der Waals surface area (Å²) in [6.45, 7) is 0.598. The van der Waals surface area contributed by atoms with Crippen LogP contribution in [0.5, 0.6) is 11.5 Å². The molecule has 3 heterocycles. The average molecular weight is 411 g/mol. The number of carbonyl (C=O) groups excluding carboxylic acids is 1. The monoisotopic (exact) mass is 411 g/mol. The molecule has 2 aromatic heterocycles. The molecule has 1 aliphatic rings. The van der Waals surface area contributed by atoms with Crippen LogP contribution >= 0.6 is 22.7 Å². The fourth-order valence-corrected chi connectivity index (χ4v) is 5.24. The van der Waals surface area contributed by atoms with Gasteiger partial charge in [-0.25, -0.2) is 18.1 Å². The van der Waals surface area contributed by atoms with Gasteiger partial charge in [0.25, 0.3) is 10.0 Å². The number of amides is 1. The molecule has 1 aromatic carbocycles. The third-order valence-corrected chi connectivity index (χ3v) is 7.21. The Bertz CT molecular complexity index is 1020. The van der Waals surface area contributed by atoms with E-state index < -0.39 is 15.9 Å². The molecule has 26 heavy (non-hydrogen) atoms. The Labute approximate surface area is 156 Å². The van der Waals surface area contributed by atoms with E-state index in [1.54, 1.807) is 17.5 Å². The quantitative estimate of drug-likeness (QED) is 0.665. The van der Waals surface area contributed by atoms with Crippen molar-refractivity contribution in [1.82, 2.24) is 9.71 Å². The SMILES string of the molecule is O=C(CNS(=O)(=O)c1cccs1)Nc1nc2cc3c(cc2s1)OCCO3. The van der Waals surface area contributed by atoms with Crippen LogP contribution in [-0.2, 0) is 14.8 Å². The van der Waals surface area contributed by atoms with E-state index in [0.717, 1.165) is 16.0 Å². The molecule has 0 saturated heterocycles. The summed E-state index contributed by atoms with van der Waals surface area (Å²) in [6.07, 6.45) is 0. The topological polar surface area (TPSA) is 107 Å². The minimum atomic E-state index is -3.68. The number of fused-ring (bicyclic) bond motifs is 2.